The van der Waals surface area contributed by atoms with Gasteiger partial charge in [-0.15, -0.1) is 11.3 Å². The SMILES string of the molecule is CCc1c(C)sc(NC(=O)c2cc(-c3ccc(OC)cc3OC)nc3ccccc23)c1C(=O)OC(C)C. The van der Waals surface area contributed by atoms with Crippen molar-refractivity contribution in [2.75, 3.05) is 19.5 Å². The molecule has 7 nitrogen and oxygen atoms in total. The van der Waals surface area contributed by atoms with Gasteiger partial charge < -0.3 is 19.5 Å². The zero-order valence-corrected chi connectivity index (χ0v) is 22.6. The number of carbonyl (C=O) groups excluding carboxylic acids is 2. The second-order valence-corrected chi connectivity index (χ2v) is 9.97. The standard InChI is InChI=1S/C29H30N2O5S/c1-7-19-17(4)37-28(26(19)29(33)36-16(2)3)31-27(32)22-15-24(30-23-11-9-8-10-20(22)23)21-13-12-18(34-5)14-25(21)35-6/h8-16H,7H2,1-6H3,(H,31,32). The van der Waals surface area contributed by atoms with Gasteiger partial charge in [0.25, 0.3) is 5.91 Å². The minimum absolute atomic E-state index is 0.271. The summed E-state index contributed by atoms with van der Waals surface area (Å²) in [6, 6.07) is 14.7. The molecule has 2 heterocycles. The fourth-order valence-corrected chi connectivity index (χ4v) is 5.39. The van der Waals surface area contributed by atoms with Crippen LogP contribution >= 0.6 is 11.3 Å². The smallest absolute Gasteiger partial charge is 0.341 e. The third-order valence-corrected chi connectivity index (χ3v) is 7.04. The summed E-state index contributed by atoms with van der Waals surface area (Å²) in [4.78, 5) is 32.5. The normalized spacial score (nSPS) is 11.0. The van der Waals surface area contributed by atoms with E-state index in [4.69, 9.17) is 19.2 Å². The lowest BCUT2D eigenvalue weighted by Crippen LogP contribution is -2.17. The summed E-state index contributed by atoms with van der Waals surface area (Å²) >= 11 is 1.38. The van der Waals surface area contributed by atoms with Crippen LogP contribution in [0.4, 0.5) is 5.00 Å². The first-order chi connectivity index (χ1) is 17.8. The maximum Gasteiger partial charge on any atom is 0.341 e. The van der Waals surface area contributed by atoms with E-state index in [-0.39, 0.29) is 12.0 Å². The Balaban J connectivity index is 1.81. The minimum Gasteiger partial charge on any atom is -0.497 e. The van der Waals surface area contributed by atoms with Gasteiger partial charge in [0.1, 0.15) is 16.5 Å². The Morgan fingerprint density at radius 1 is 1.05 bits per heavy atom. The van der Waals surface area contributed by atoms with E-state index >= 15 is 0 Å². The van der Waals surface area contributed by atoms with Crippen LogP contribution in [0.2, 0.25) is 0 Å². The summed E-state index contributed by atoms with van der Waals surface area (Å²) < 4.78 is 16.4. The molecule has 0 aliphatic carbocycles. The van der Waals surface area contributed by atoms with Crippen molar-refractivity contribution in [3.05, 3.63) is 70.1 Å². The van der Waals surface area contributed by atoms with Crippen LogP contribution in [0.25, 0.3) is 22.2 Å². The Labute approximate surface area is 220 Å². The fraction of sp³-hybridized carbons (Fsp3) is 0.276. The van der Waals surface area contributed by atoms with Gasteiger partial charge in [0.15, 0.2) is 0 Å². The number of esters is 1. The second-order valence-electron chi connectivity index (χ2n) is 8.74. The molecule has 2 aromatic carbocycles. The molecule has 0 saturated heterocycles. The lowest BCUT2D eigenvalue weighted by Gasteiger charge is -2.14. The number of rotatable bonds is 8. The lowest BCUT2D eigenvalue weighted by molar-refractivity contribution is 0.0378. The fourth-order valence-electron chi connectivity index (χ4n) is 4.26. The number of hydrogen-bond acceptors (Lipinski definition) is 7. The average Bonchev–Trinajstić information content (AvgIpc) is 3.21. The summed E-state index contributed by atoms with van der Waals surface area (Å²) in [6.07, 6.45) is 0.382. The Hall–Kier alpha value is -3.91. The Morgan fingerprint density at radius 3 is 2.49 bits per heavy atom. The van der Waals surface area contributed by atoms with E-state index in [0.29, 0.717) is 50.6 Å². The molecule has 8 heteroatoms. The molecule has 1 N–H and O–H groups in total. The highest BCUT2D eigenvalue weighted by molar-refractivity contribution is 7.16. The average molecular weight is 519 g/mol. The summed E-state index contributed by atoms with van der Waals surface area (Å²) in [7, 11) is 3.17. The maximum absolute atomic E-state index is 13.7. The van der Waals surface area contributed by atoms with E-state index in [2.05, 4.69) is 5.32 Å². The van der Waals surface area contributed by atoms with Gasteiger partial charge in [-0.2, -0.15) is 0 Å². The number of methoxy groups -OCH3 is 2. The molecule has 0 spiro atoms. The number of fused-ring (bicyclic) bond motifs is 1. The monoisotopic (exact) mass is 518 g/mol. The molecule has 37 heavy (non-hydrogen) atoms. The van der Waals surface area contributed by atoms with Crippen molar-refractivity contribution in [1.29, 1.82) is 0 Å². The Bertz CT molecular complexity index is 1470. The van der Waals surface area contributed by atoms with Gasteiger partial charge in [0.2, 0.25) is 0 Å². The number of thiophene rings is 1. The van der Waals surface area contributed by atoms with Crippen molar-refractivity contribution in [2.45, 2.75) is 40.2 Å². The van der Waals surface area contributed by atoms with Crippen molar-refractivity contribution >= 4 is 39.1 Å². The summed E-state index contributed by atoms with van der Waals surface area (Å²) in [6.45, 7) is 7.54. The number of ether oxygens (including phenoxy) is 3. The number of benzene rings is 2. The quantitative estimate of drug-likeness (QED) is 0.262. The van der Waals surface area contributed by atoms with E-state index in [9.17, 15) is 9.59 Å². The van der Waals surface area contributed by atoms with Crippen LogP contribution in [0.15, 0.2) is 48.5 Å². The van der Waals surface area contributed by atoms with Gasteiger partial charge in [-0.1, -0.05) is 25.1 Å². The molecule has 2 aromatic heterocycles. The topological polar surface area (TPSA) is 86.8 Å². The summed E-state index contributed by atoms with van der Waals surface area (Å²) in [5.74, 6) is 0.457. The van der Waals surface area contributed by atoms with Crippen LogP contribution in [0.1, 0.15) is 51.9 Å². The van der Waals surface area contributed by atoms with Crippen LogP contribution in [0, 0.1) is 6.92 Å². The van der Waals surface area contributed by atoms with Crippen LogP contribution in [0.5, 0.6) is 11.5 Å². The van der Waals surface area contributed by atoms with E-state index in [1.165, 1.54) is 11.3 Å². The first-order valence-corrected chi connectivity index (χ1v) is 12.9. The van der Waals surface area contributed by atoms with Gasteiger partial charge >= 0.3 is 5.97 Å². The molecule has 0 unspecified atom stereocenters. The molecule has 0 bridgehead atoms. The number of nitrogens with zero attached hydrogens (tertiary/aromatic N) is 1. The van der Waals surface area contributed by atoms with Crippen LogP contribution < -0.4 is 14.8 Å². The third kappa shape index (κ3) is 5.29. The predicted molar refractivity (Wildman–Crippen MR) is 147 cm³/mol. The number of amides is 1. The molecule has 0 aliphatic heterocycles. The van der Waals surface area contributed by atoms with Crippen molar-refractivity contribution < 1.29 is 23.8 Å². The highest BCUT2D eigenvalue weighted by Crippen LogP contribution is 2.37. The molecule has 0 aliphatic rings. The van der Waals surface area contributed by atoms with Gasteiger partial charge in [-0.05, 0) is 57.0 Å². The second kappa shape index (κ2) is 11.0. The zero-order chi connectivity index (χ0) is 26.7. The van der Waals surface area contributed by atoms with Crippen molar-refractivity contribution in [3.63, 3.8) is 0 Å². The number of nitrogens with one attached hydrogen (secondary N) is 1. The Kier molecular flexibility index (Phi) is 7.78. The third-order valence-electron chi connectivity index (χ3n) is 5.98. The van der Waals surface area contributed by atoms with Crippen LogP contribution in [0.3, 0.4) is 0 Å². The molecule has 0 radical (unpaired) electrons. The van der Waals surface area contributed by atoms with Gasteiger partial charge in [-0.3, -0.25) is 4.79 Å². The van der Waals surface area contributed by atoms with Gasteiger partial charge in [0.05, 0.1) is 42.7 Å². The molecular weight excluding hydrogens is 488 g/mol. The molecule has 1 amide bonds. The highest BCUT2D eigenvalue weighted by Gasteiger charge is 2.25. The maximum atomic E-state index is 13.7. The van der Waals surface area contributed by atoms with E-state index in [0.717, 1.165) is 16.0 Å². The number of carbonyl (C=O) groups is 2. The first-order valence-electron chi connectivity index (χ1n) is 12.0. The molecule has 4 aromatic rings. The summed E-state index contributed by atoms with van der Waals surface area (Å²) in [5, 5.41) is 4.18. The van der Waals surface area contributed by atoms with Crippen molar-refractivity contribution in [2.24, 2.45) is 0 Å². The molecule has 4 rings (SSSR count). The highest BCUT2D eigenvalue weighted by atomic mass is 32.1. The Morgan fingerprint density at radius 2 is 1.81 bits per heavy atom. The predicted octanol–water partition coefficient (Wildman–Crippen LogP) is 6.67. The number of para-hydroxylation sites is 1. The van der Waals surface area contributed by atoms with Gasteiger partial charge in [0, 0.05) is 21.9 Å². The van der Waals surface area contributed by atoms with Crippen LogP contribution in [-0.4, -0.2) is 37.2 Å². The van der Waals surface area contributed by atoms with Crippen molar-refractivity contribution in [3.8, 4) is 22.8 Å². The van der Waals surface area contributed by atoms with E-state index in [1.54, 1.807) is 40.2 Å². The molecular formula is C29H30N2O5S. The molecule has 0 saturated carbocycles. The molecule has 0 atom stereocenters. The molecule has 0 fully saturated rings. The number of anilines is 1. The van der Waals surface area contributed by atoms with E-state index < -0.39 is 5.97 Å². The van der Waals surface area contributed by atoms with E-state index in [1.807, 2.05) is 50.2 Å². The van der Waals surface area contributed by atoms with Crippen molar-refractivity contribution in [1.82, 2.24) is 4.98 Å². The molecule has 192 valence electrons. The number of hydrogen-bond donors (Lipinski definition) is 1. The van der Waals surface area contributed by atoms with Gasteiger partial charge in [-0.25, -0.2) is 9.78 Å². The lowest BCUT2D eigenvalue weighted by atomic mass is 10.0. The largest absolute Gasteiger partial charge is 0.497 e. The zero-order valence-electron chi connectivity index (χ0n) is 21.8. The number of aryl methyl sites for hydroxylation is 1. The summed E-state index contributed by atoms with van der Waals surface area (Å²) in [5.41, 5.74) is 3.71. The minimum atomic E-state index is -0.435. The first kappa shape index (κ1) is 26.2. The number of pyridine rings is 1. The number of aromatic nitrogens is 1. The van der Waals surface area contributed by atoms with Crippen LogP contribution in [-0.2, 0) is 11.2 Å².